The van der Waals surface area contributed by atoms with Crippen molar-refractivity contribution in [3.63, 3.8) is 0 Å². The van der Waals surface area contributed by atoms with Crippen LogP contribution < -0.4 is 0 Å². The van der Waals surface area contributed by atoms with E-state index in [1.54, 1.807) is 18.2 Å². The van der Waals surface area contributed by atoms with Crippen LogP contribution >= 0.6 is 11.6 Å². The number of rotatable bonds is 7. The van der Waals surface area contributed by atoms with Crippen LogP contribution in [0.2, 0.25) is 5.02 Å². The van der Waals surface area contributed by atoms with Gasteiger partial charge in [-0.15, -0.1) is 0 Å². The summed E-state index contributed by atoms with van der Waals surface area (Å²) in [6.45, 7) is 0.0511. The lowest BCUT2D eigenvalue weighted by Crippen LogP contribution is -2.44. The van der Waals surface area contributed by atoms with E-state index in [2.05, 4.69) is 10.0 Å². The maximum atomic E-state index is 13.4. The van der Waals surface area contributed by atoms with Crippen molar-refractivity contribution >= 4 is 23.5 Å². The quantitative estimate of drug-likeness (QED) is 0.192. The molecule has 0 amide bonds. The van der Waals surface area contributed by atoms with Gasteiger partial charge in [-0.2, -0.15) is 0 Å². The van der Waals surface area contributed by atoms with Gasteiger partial charge in [0.05, 0.1) is 13.7 Å². The molecule has 1 heterocycles. The van der Waals surface area contributed by atoms with E-state index in [9.17, 15) is 4.79 Å². The summed E-state index contributed by atoms with van der Waals surface area (Å²) in [7, 11) is 1.34. The van der Waals surface area contributed by atoms with Crippen LogP contribution in [-0.4, -0.2) is 24.5 Å². The number of carbonyl (C=O) groups excluding carboxylic acids is 1. The molecular weight excluding hydrogens is 440 g/mol. The predicted molar refractivity (Wildman–Crippen MR) is 126 cm³/mol. The third-order valence-electron chi connectivity index (χ3n) is 5.53. The number of azide groups is 1. The SMILES string of the molecule is COC(=O)[C@@]1(Cc2ccccc2)N=C(c2ccccc2)O[C@H]1c1ccc(Cl)cc1CN=[N+]=[N-]. The van der Waals surface area contributed by atoms with Crippen molar-refractivity contribution in [2.45, 2.75) is 24.6 Å². The first-order valence-corrected chi connectivity index (χ1v) is 10.7. The Labute approximate surface area is 196 Å². The van der Waals surface area contributed by atoms with Crippen LogP contribution in [-0.2, 0) is 27.2 Å². The van der Waals surface area contributed by atoms with Gasteiger partial charge in [0.25, 0.3) is 0 Å². The molecule has 1 aliphatic rings. The minimum Gasteiger partial charge on any atom is -0.467 e. The Morgan fingerprint density at radius 3 is 2.52 bits per heavy atom. The van der Waals surface area contributed by atoms with E-state index in [1.165, 1.54) is 7.11 Å². The second-order valence-corrected chi connectivity index (χ2v) is 8.03. The normalized spacial score (nSPS) is 19.2. The van der Waals surface area contributed by atoms with Crippen LogP contribution in [0.1, 0.15) is 28.4 Å². The zero-order valence-corrected chi connectivity index (χ0v) is 18.6. The van der Waals surface area contributed by atoms with Gasteiger partial charge in [0.15, 0.2) is 6.10 Å². The second-order valence-electron chi connectivity index (χ2n) is 7.59. The van der Waals surface area contributed by atoms with Crippen LogP contribution in [0.3, 0.4) is 0 Å². The molecule has 0 spiro atoms. The maximum absolute atomic E-state index is 13.4. The summed E-state index contributed by atoms with van der Waals surface area (Å²) in [5.74, 6) is -0.182. The van der Waals surface area contributed by atoms with E-state index in [1.807, 2.05) is 60.7 Å². The van der Waals surface area contributed by atoms with Crippen molar-refractivity contribution in [2.75, 3.05) is 7.11 Å². The molecule has 8 heteroatoms. The van der Waals surface area contributed by atoms with Gasteiger partial charge >= 0.3 is 5.97 Å². The Hall–Kier alpha value is -3.80. The van der Waals surface area contributed by atoms with Crippen LogP contribution in [0, 0.1) is 0 Å². The number of ether oxygens (including phenoxy) is 2. The third-order valence-corrected chi connectivity index (χ3v) is 5.77. The van der Waals surface area contributed by atoms with Gasteiger partial charge in [-0.3, -0.25) is 0 Å². The van der Waals surface area contributed by atoms with E-state index in [0.717, 1.165) is 11.1 Å². The van der Waals surface area contributed by atoms with Gasteiger partial charge in [0.2, 0.25) is 11.4 Å². The average Bonchev–Trinajstić information content (AvgIpc) is 3.23. The number of aliphatic imine (C=N–C) groups is 1. The molecule has 0 radical (unpaired) electrons. The Balaban J connectivity index is 1.91. The zero-order valence-electron chi connectivity index (χ0n) is 17.9. The van der Waals surface area contributed by atoms with E-state index in [-0.39, 0.29) is 13.0 Å². The lowest BCUT2D eigenvalue weighted by Gasteiger charge is -2.30. The monoisotopic (exact) mass is 460 g/mol. The highest BCUT2D eigenvalue weighted by Crippen LogP contribution is 2.44. The van der Waals surface area contributed by atoms with Crippen LogP contribution in [0.25, 0.3) is 10.4 Å². The molecule has 0 saturated carbocycles. The van der Waals surface area contributed by atoms with E-state index in [4.69, 9.17) is 31.6 Å². The standard InChI is InChI=1S/C25H21ClN4O3/c1-32-24(31)25(15-17-8-4-2-5-9-17)22(33-23(29-25)18-10-6-3-7-11-18)21-13-12-20(26)14-19(21)16-28-30-27/h2-14,22H,15-16H2,1H3/t22-,25-/m0/s1. The molecule has 3 aromatic rings. The summed E-state index contributed by atoms with van der Waals surface area (Å²) in [5.41, 5.74) is 10.4. The highest BCUT2D eigenvalue weighted by molar-refractivity contribution is 6.30. The molecule has 166 valence electrons. The lowest BCUT2D eigenvalue weighted by atomic mass is 9.81. The molecular formula is C25H21ClN4O3. The fourth-order valence-electron chi connectivity index (χ4n) is 4.03. The summed E-state index contributed by atoms with van der Waals surface area (Å²) in [6.07, 6.45) is -0.563. The van der Waals surface area contributed by atoms with Crippen LogP contribution in [0.15, 0.2) is 89.0 Å². The molecule has 2 atom stereocenters. The molecule has 3 aromatic carbocycles. The van der Waals surface area contributed by atoms with Crippen molar-refractivity contribution in [1.29, 1.82) is 0 Å². The van der Waals surface area contributed by atoms with Crippen molar-refractivity contribution in [2.24, 2.45) is 10.1 Å². The van der Waals surface area contributed by atoms with Gasteiger partial charge in [-0.05, 0) is 46.5 Å². The van der Waals surface area contributed by atoms with E-state index >= 15 is 0 Å². The van der Waals surface area contributed by atoms with Gasteiger partial charge in [-0.1, -0.05) is 71.3 Å². The molecule has 33 heavy (non-hydrogen) atoms. The summed E-state index contributed by atoms with van der Waals surface area (Å²) in [4.78, 5) is 21.1. The number of halogens is 1. The summed E-state index contributed by atoms with van der Waals surface area (Å²) in [6, 6.07) is 24.2. The average molecular weight is 461 g/mol. The second kappa shape index (κ2) is 9.77. The Bertz CT molecular complexity index is 1230. The Kier molecular flexibility index (Phi) is 6.63. The molecule has 1 aliphatic heterocycles. The molecule has 0 N–H and O–H groups in total. The summed E-state index contributed by atoms with van der Waals surface area (Å²) in [5, 5.41) is 4.18. The number of hydrogen-bond donors (Lipinski definition) is 0. The fourth-order valence-corrected chi connectivity index (χ4v) is 4.22. The topological polar surface area (TPSA) is 96.6 Å². The molecule has 0 fully saturated rings. The molecule has 0 aromatic heterocycles. The zero-order chi connectivity index (χ0) is 23.3. The number of esters is 1. The van der Waals surface area contributed by atoms with Crippen molar-refractivity contribution in [1.82, 2.24) is 0 Å². The molecule has 0 unspecified atom stereocenters. The van der Waals surface area contributed by atoms with Gasteiger partial charge < -0.3 is 9.47 Å². The smallest absolute Gasteiger partial charge is 0.338 e. The van der Waals surface area contributed by atoms with Crippen LogP contribution in [0.5, 0.6) is 0 Å². The van der Waals surface area contributed by atoms with Gasteiger partial charge in [-0.25, -0.2) is 9.79 Å². The predicted octanol–water partition coefficient (Wildman–Crippen LogP) is 5.82. The van der Waals surface area contributed by atoms with Crippen molar-refractivity contribution < 1.29 is 14.3 Å². The molecule has 0 aliphatic carbocycles. The minimum absolute atomic E-state index is 0.0511. The van der Waals surface area contributed by atoms with Crippen molar-refractivity contribution in [3.8, 4) is 0 Å². The first-order chi connectivity index (χ1) is 16.1. The molecule has 4 rings (SSSR count). The number of methoxy groups -OCH3 is 1. The number of hydrogen-bond acceptors (Lipinski definition) is 5. The number of nitrogens with zero attached hydrogens (tertiary/aromatic N) is 4. The molecule has 0 saturated heterocycles. The minimum atomic E-state index is -1.39. The van der Waals surface area contributed by atoms with Crippen molar-refractivity contribution in [3.05, 3.63) is 117 Å². The summed E-state index contributed by atoms with van der Waals surface area (Å²) < 4.78 is 11.6. The largest absolute Gasteiger partial charge is 0.467 e. The first kappa shape index (κ1) is 22.4. The summed E-state index contributed by atoms with van der Waals surface area (Å²) >= 11 is 6.22. The maximum Gasteiger partial charge on any atom is 0.338 e. The Morgan fingerprint density at radius 1 is 1.15 bits per heavy atom. The number of carbonyl (C=O) groups is 1. The molecule has 0 bridgehead atoms. The van der Waals surface area contributed by atoms with Gasteiger partial charge in [0, 0.05) is 21.9 Å². The molecule has 7 nitrogen and oxygen atoms in total. The highest BCUT2D eigenvalue weighted by Gasteiger charge is 2.54. The van der Waals surface area contributed by atoms with Crippen LogP contribution in [0.4, 0.5) is 0 Å². The van der Waals surface area contributed by atoms with E-state index < -0.39 is 17.6 Å². The lowest BCUT2D eigenvalue weighted by molar-refractivity contribution is -0.150. The van der Waals surface area contributed by atoms with Gasteiger partial charge in [0.1, 0.15) is 0 Å². The Morgan fingerprint density at radius 2 is 1.85 bits per heavy atom. The fraction of sp³-hybridized carbons (Fsp3) is 0.200. The van der Waals surface area contributed by atoms with E-state index in [0.29, 0.717) is 22.0 Å². The highest BCUT2D eigenvalue weighted by atomic mass is 35.5. The number of benzene rings is 3. The third kappa shape index (κ3) is 4.55. The first-order valence-electron chi connectivity index (χ1n) is 10.3.